The van der Waals surface area contributed by atoms with E-state index in [1.807, 2.05) is 23.1 Å². The molecule has 0 aliphatic carbocycles. The van der Waals surface area contributed by atoms with Gasteiger partial charge in [0.1, 0.15) is 28.8 Å². The van der Waals surface area contributed by atoms with Gasteiger partial charge in [0.2, 0.25) is 24.1 Å². The monoisotopic (exact) mass is 759 g/mol. The molecule has 0 saturated carbocycles. The third-order valence-corrected chi connectivity index (χ3v) is 11.8. The van der Waals surface area contributed by atoms with E-state index in [0.717, 1.165) is 44.3 Å². The Kier molecular flexibility index (Phi) is 12.5. The van der Waals surface area contributed by atoms with Gasteiger partial charge in [0.05, 0.1) is 35.8 Å². The third kappa shape index (κ3) is 9.40. The van der Waals surface area contributed by atoms with E-state index in [1.165, 1.54) is 11.0 Å². The van der Waals surface area contributed by atoms with Crippen LogP contribution in [-0.4, -0.2) is 109 Å². The first-order valence-electron chi connectivity index (χ1n) is 18.3. The number of nitrogens with zero attached hydrogens (tertiary/aromatic N) is 5. The normalized spacial score (nSPS) is 18.5. The molecule has 15 heteroatoms. The number of ether oxygens (including phenoxy) is 1. The maximum atomic E-state index is 15.0. The lowest BCUT2D eigenvalue weighted by molar-refractivity contribution is -0.134. The van der Waals surface area contributed by atoms with Crippen LogP contribution in [0.5, 0.6) is 5.75 Å². The van der Waals surface area contributed by atoms with Gasteiger partial charge in [-0.2, -0.15) is 11.8 Å². The molecule has 1 unspecified atom stereocenters. The van der Waals surface area contributed by atoms with Crippen LogP contribution in [0, 0.1) is 23.6 Å². The number of rotatable bonds is 11. The van der Waals surface area contributed by atoms with E-state index < -0.39 is 17.4 Å². The number of hydrogen-bond acceptors (Lipinski definition) is 10. The van der Waals surface area contributed by atoms with Crippen LogP contribution in [-0.2, 0) is 24.9 Å². The highest BCUT2D eigenvalue weighted by molar-refractivity contribution is 7.99. The Balaban J connectivity index is 0.999. The molecule has 4 amide bonds. The number of carbonyl (C=O) groups excluding carboxylic acids is 4. The van der Waals surface area contributed by atoms with Crippen LogP contribution in [0.2, 0.25) is 0 Å². The highest BCUT2D eigenvalue weighted by atomic mass is 32.2. The lowest BCUT2D eigenvalue weighted by atomic mass is 9.98. The second-order valence-electron chi connectivity index (χ2n) is 14.2. The number of nitrogens with one attached hydrogen (secondary N) is 2. The lowest BCUT2D eigenvalue weighted by Crippen LogP contribution is -2.51. The van der Waals surface area contributed by atoms with Gasteiger partial charge < -0.3 is 24.4 Å². The van der Waals surface area contributed by atoms with Crippen LogP contribution in [0.15, 0.2) is 35.1 Å². The molecule has 3 aliphatic heterocycles. The number of carbonyl (C=O) groups is 4. The number of aromatic amines is 1. The molecule has 2 aromatic carbocycles. The summed E-state index contributed by atoms with van der Waals surface area (Å²) < 4.78 is 20.9. The number of hydrogen-bond donors (Lipinski definition) is 2. The highest BCUT2D eigenvalue weighted by Gasteiger charge is 2.31. The number of aromatic nitrogens is 2. The number of H-pyrrole nitrogens is 1. The SMILES string of the molecule is CC(=O)N1CCC(COc2cc(F)c3c(=O)[nH]c(CSC4CCN(CC#Cc5ccc(N(C)C6CCC(=O)NC6=O)c(N(C)C=O)c5)CC4)nc3c2)CC1. The van der Waals surface area contributed by atoms with Crippen LogP contribution in [0.1, 0.15) is 56.8 Å². The van der Waals surface area contributed by atoms with E-state index in [0.29, 0.717) is 73.0 Å². The first-order valence-corrected chi connectivity index (χ1v) is 19.4. The van der Waals surface area contributed by atoms with E-state index in [1.54, 1.807) is 43.7 Å². The Morgan fingerprint density at radius 2 is 1.81 bits per heavy atom. The summed E-state index contributed by atoms with van der Waals surface area (Å²) in [6, 6.07) is 7.88. The summed E-state index contributed by atoms with van der Waals surface area (Å²) in [7, 11) is 3.43. The molecule has 2 N–H and O–H groups in total. The van der Waals surface area contributed by atoms with Crippen molar-refractivity contribution in [3.8, 4) is 17.6 Å². The Morgan fingerprint density at radius 3 is 2.52 bits per heavy atom. The molecule has 286 valence electrons. The summed E-state index contributed by atoms with van der Waals surface area (Å²) in [5.74, 6) is 6.83. The van der Waals surface area contributed by atoms with E-state index in [2.05, 4.69) is 32.0 Å². The molecule has 0 radical (unpaired) electrons. The summed E-state index contributed by atoms with van der Waals surface area (Å²) in [6.07, 6.45) is 4.90. The zero-order valence-electron chi connectivity index (χ0n) is 30.9. The molecule has 1 atom stereocenters. The minimum absolute atomic E-state index is 0.0729. The van der Waals surface area contributed by atoms with Crippen molar-refractivity contribution < 1.29 is 28.3 Å². The zero-order valence-corrected chi connectivity index (χ0v) is 31.7. The standard InChI is InChI=1S/C39H46FN7O6S/c1-25(49)47-17-10-27(11-18-47)22-53-28-20-30(40)37-31(21-28)41-35(42-39(37)52)23-54-29-12-15-46(16-13-29)14-4-5-26-6-7-32(34(19-26)44(2)24-48)45(3)33-8-9-36(50)43-38(33)51/h6-7,19-21,24,27,29,33H,8-18,22-23H2,1-3H3,(H,41,42,52)(H,43,50,51). The number of benzene rings is 2. The van der Waals surface area contributed by atoms with Gasteiger partial charge in [-0.25, -0.2) is 9.37 Å². The largest absolute Gasteiger partial charge is 0.493 e. The maximum Gasteiger partial charge on any atom is 0.261 e. The van der Waals surface area contributed by atoms with Crippen molar-refractivity contribution >= 4 is 58.2 Å². The van der Waals surface area contributed by atoms with Gasteiger partial charge in [0.15, 0.2) is 0 Å². The molecule has 0 spiro atoms. The van der Waals surface area contributed by atoms with Crippen molar-refractivity contribution in [1.29, 1.82) is 0 Å². The molecule has 0 bridgehead atoms. The van der Waals surface area contributed by atoms with Crippen LogP contribution < -0.4 is 25.4 Å². The zero-order chi connectivity index (χ0) is 38.4. The number of piperidine rings is 3. The molecule has 1 aromatic heterocycles. The Morgan fingerprint density at radius 1 is 1.06 bits per heavy atom. The third-order valence-electron chi connectivity index (χ3n) is 10.4. The Bertz CT molecular complexity index is 2020. The molecular formula is C39H46FN7O6S. The van der Waals surface area contributed by atoms with Crippen LogP contribution >= 0.6 is 11.8 Å². The molecule has 4 heterocycles. The molecule has 3 saturated heterocycles. The second kappa shape index (κ2) is 17.5. The van der Waals surface area contributed by atoms with Crippen molar-refractivity contribution in [2.45, 2.75) is 62.5 Å². The van der Waals surface area contributed by atoms with Crippen molar-refractivity contribution in [2.75, 3.05) is 63.2 Å². The fourth-order valence-electron chi connectivity index (χ4n) is 7.17. The first kappa shape index (κ1) is 38.8. The van der Waals surface area contributed by atoms with E-state index >= 15 is 0 Å². The summed E-state index contributed by atoms with van der Waals surface area (Å²) in [6.45, 7) is 5.67. The molecule has 3 aromatic rings. The molecule has 13 nitrogen and oxygen atoms in total. The average Bonchev–Trinajstić information content (AvgIpc) is 3.16. The number of anilines is 2. The smallest absolute Gasteiger partial charge is 0.261 e. The average molecular weight is 760 g/mol. The summed E-state index contributed by atoms with van der Waals surface area (Å²) in [5.41, 5.74) is 1.80. The number of likely N-dealkylation sites (tertiary alicyclic amines) is 2. The summed E-state index contributed by atoms with van der Waals surface area (Å²) >= 11 is 1.72. The van der Waals surface area contributed by atoms with Gasteiger partial charge in [-0.3, -0.25) is 34.2 Å². The number of likely N-dealkylation sites (N-methyl/N-ethyl adjacent to an activating group) is 1. The predicted molar refractivity (Wildman–Crippen MR) is 206 cm³/mol. The molecule has 3 fully saturated rings. The van der Waals surface area contributed by atoms with Gasteiger partial charge >= 0.3 is 0 Å². The van der Waals surface area contributed by atoms with Crippen molar-refractivity contribution in [3.63, 3.8) is 0 Å². The number of thioether (sulfide) groups is 1. The minimum atomic E-state index is -0.666. The summed E-state index contributed by atoms with van der Waals surface area (Å²) in [5, 5.41) is 2.67. The van der Waals surface area contributed by atoms with E-state index in [-0.39, 0.29) is 41.0 Å². The second-order valence-corrected chi connectivity index (χ2v) is 15.4. The van der Waals surface area contributed by atoms with E-state index in [4.69, 9.17) is 4.74 Å². The summed E-state index contributed by atoms with van der Waals surface area (Å²) in [4.78, 5) is 75.0. The lowest BCUT2D eigenvalue weighted by Gasteiger charge is -2.33. The highest BCUT2D eigenvalue weighted by Crippen LogP contribution is 2.32. The predicted octanol–water partition coefficient (Wildman–Crippen LogP) is 3.28. The van der Waals surface area contributed by atoms with Crippen molar-refractivity contribution in [3.05, 3.63) is 57.9 Å². The minimum Gasteiger partial charge on any atom is -0.493 e. The molecular weight excluding hydrogens is 714 g/mol. The number of fused-ring (bicyclic) bond motifs is 1. The number of halogens is 1. The van der Waals surface area contributed by atoms with Crippen molar-refractivity contribution in [1.82, 2.24) is 25.1 Å². The number of amides is 4. The van der Waals surface area contributed by atoms with Crippen molar-refractivity contribution in [2.24, 2.45) is 5.92 Å². The molecule has 54 heavy (non-hydrogen) atoms. The van der Waals surface area contributed by atoms with Gasteiger partial charge in [0.25, 0.3) is 5.56 Å². The van der Waals surface area contributed by atoms with Gasteiger partial charge in [0, 0.05) is 76.6 Å². The Labute approximate surface area is 318 Å². The topological polar surface area (TPSA) is 148 Å². The quantitative estimate of drug-likeness (QED) is 0.170. The van der Waals surface area contributed by atoms with Crippen LogP contribution in [0.4, 0.5) is 15.8 Å². The van der Waals surface area contributed by atoms with Gasteiger partial charge in [-0.1, -0.05) is 11.8 Å². The Hall–Kier alpha value is -4.94. The molecule has 3 aliphatic rings. The maximum absolute atomic E-state index is 15.0. The fraction of sp³-hybridized carbons (Fsp3) is 0.487. The number of imide groups is 1. The fourth-order valence-corrected chi connectivity index (χ4v) is 8.25. The van der Waals surface area contributed by atoms with Crippen LogP contribution in [0.25, 0.3) is 10.9 Å². The van der Waals surface area contributed by atoms with Gasteiger partial charge in [-0.15, -0.1) is 0 Å². The molecule has 6 rings (SSSR count). The van der Waals surface area contributed by atoms with Gasteiger partial charge in [-0.05, 0) is 56.2 Å². The first-order chi connectivity index (χ1) is 26.0. The van der Waals surface area contributed by atoms with E-state index in [9.17, 15) is 28.4 Å². The van der Waals surface area contributed by atoms with Crippen LogP contribution in [0.3, 0.4) is 0 Å².